The second-order valence-electron chi connectivity index (χ2n) is 5.43. The van der Waals surface area contributed by atoms with E-state index in [4.69, 9.17) is 10.5 Å². The zero-order valence-electron chi connectivity index (χ0n) is 13.3. The Labute approximate surface area is 145 Å². The molecule has 0 saturated heterocycles. The molecule has 0 spiro atoms. The molecule has 1 aromatic heterocycles. The first kappa shape index (κ1) is 16.8. The molecule has 24 heavy (non-hydrogen) atoms. The lowest BCUT2D eigenvalue weighted by molar-refractivity contribution is 0.405. The van der Waals surface area contributed by atoms with Crippen LogP contribution in [0, 0.1) is 0 Å². The summed E-state index contributed by atoms with van der Waals surface area (Å²) in [5, 5.41) is 0.507. The maximum atomic E-state index is 12.6. The number of anilines is 2. The molecule has 3 N–H and O–H groups in total. The summed E-state index contributed by atoms with van der Waals surface area (Å²) in [7, 11) is -2.30. The molecule has 1 aliphatic carbocycles. The number of nitrogens with one attached hydrogen (secondary N) is 1. The van der Waals surface area contributed by atoms with E-state index < -0.39 is 10.0 Å². The average Bonchev–Trinajstić information content (AvgIpc) is 3.39. The first-order chi connectivity index (χ1) is 11.4. The molecule has 1 aliphatic rings. The molecule has 9 heteroatoms. The number of methoxy groups -OCH3 is 1. The quantitative estimate of drug-likeness (QED) is 0.459. The SMILES string of the molecule is COc1c(NS(=O)(=O)c2ccc(N)cc2)nc(SC)nc1C1CC1. The van der Waals surface area contributed by atoms with Crippen LogP contribution in [-0.2, 0) is 10.0 Å². The predicted octanol–water partition coefficient (Wildman–Crippen LogP) is 2.47. The van der Waals surface area contributed by atoms with Crippen LogP contribution in [0.15, 0.2) is 34.3 Å². The smallest absolute Gasteiger partial charge is 0.263 e. The molecule has 0 amide bonds. The largest absolute Gasteiger partial charge is 0.491 e. The first-order valence-corrected chi connectivity index (χ1v) is 10.0. The average molecular weight is 366 g/mol. The van der Waals surface area contributed by atoms with E-state index in [9.17, 15) is 8.42 Å². The van der Waals surface area contributed by atoms with Gasteiger partial charge in [-0.25, -0.2) is 18.4 Å². The molecule has 0 atom stereocenters. The van der Waals surface area contributed by atoms with Gasteiger partial charge in [-0.2, -0.15) is 0 Å². The van der Waals surface area contributed by atoms with Crippen molar-refractivity contribution < 1.29 is 13.2 Å². The second-order valence-corrected chi connectivity index (χ2v) is 7.88. The Morgan fingerprint density at radius 1 is 1.25 bits per heavy atom. The van der Waals surface area contributed by atoms with Crippen LogP contribution in [0.4, 0.5) is 11.5 Å². The topological polar surface area (TPSA) is 107 Å². The fraction of sp³-hybridized carbons (Fsp3) is 0.333. The van der Waals surface area contributed by atoms with Crippen LogP contribution >= 0.6 is 11.8 Å². The van der Waals surface area contributed by atoms with E-state index in [1.807, 2.05) is 6.26 Å². The van der Waals surface area contributed by atoms with Gasteiger partial charge in [0.25, 0.3) is 10.0 Å². The highest BCUT2D eigenvalue weighted by molar-refractivity contribution is 7.98. The fourth-order valence-corrected chi connectivity index (χ4v) is 3.65. The third-order valence-electron chi connectivity index (χ3n) is 3.64. The van der Waals surface area contributed by atoms with Crippen molar-refractivity contribution in [3.05, 3.63) is 30.0 Å². The van der Waals surface area contributed by atoms with E-state index in [1.165, 1.54) is 43.1 Å². The molecule has 0 aliphatic heterocycles. The number of sulfonamides is 1. The summed E-state index contributed by atoms with van der Waals surface area (Å²) in [5.74, 6) is 0.846. The van der Waals surface area contributed by atoms with Crippen molar-refractivity contribution in [2.75, 3.05) is 23.8 Å². The van der Waals surface area contributed by atoms with Crippen molar-refractivity contribution in [3.8, 4) is 5.75 Å². The van der Waals surface area contributed by atoms with Gasteiger partial charge in [0.1, 0.15) is 0 Å². The van der Waals surface area contributed by atoms with Gasteiger partial charge >= 0.3 is 0 Å². The fourth-order valence-electron chi connectivity index (χ4n) is 2.27. The van der Waals surface area contributed by atoms with Crippen LogP contribution in [0.3, 0.4) is 0 Å². The Bertz CT molecular complexity index is 850. The summed E-state index contributed by atoms with van der Waals surface area (Å²) in [4.78, 5) is 8.85. The number of nitrogens with two attached hydrogens (primary N) is 1. The molecule has 0 unspecified atom stereocenters. The number of rotatable bonds is 6. The van der Waals surface area contributed by atoms with Crippen LogP contribution in [0.2, 0.25) is 0 Å². The third kappa shape index (κ3) is 3.41. The second kappa shape index (κ2) is 6.48. The Balaban J connectivity index is 2.02. The minimum absolute atomic E-state index is 0.107. The lowest BCUT2D eigenvalue weighted by Gasteiger charge is -2.15. The monoisotopic (exact) mass is 366 g/mol. The van der Waals surface area contributed by atoms with Crippen LogP contribution in [0.25, 0.3) is 0 Å². The Kier molecular flexibility index (Phi) is 4.55. The summed E-state index contributed by atoms with van der Waals surface area (Å²) in [6, 6.07) is 5.97. The number of thioether (sulfide) groups is 1. The standard InChI is InChI=1S/C15H18N4O3S2/c1-22-13-12(9-3-4-9)17-15(23-2)18-14(13)19-24(20,21)11-7-5-10(16)6-8-11/h5-9H,3-4,16H2,1-2H3,(H,17,18,19). The van der Waals surface area contributed by atoms with Gasteiger partial charge in [-0.1, -0.05) is 11.8 Å². The molecule has 2 aromatic rings. The molecule has 3 rings (SSSR count). The van der Waals surface area contributed by atoms with Gasteiger partial charge in [-0.05, 0) is 43.4 Å². The molecule has 0 radical (unpaired) electrons. The highest BCUT2D eigenvalue weighted by Gasteiger charge is 2.32. The van der Waals surface area contributed by atoms with Crippen molar-refractivity contribution >= 4 is 33.3 Å². The minimum atomic E-state index is -3.79. The number of nitrogen functional groups attached to an aromatic ring is 1. The third-order valence-corrected chi connectivity index (χ3v) is 5.55. The molecule has 1 heterocycles. The minimum Gasteiger partial charge on any atom is -0.491 e. The predicted molar refractivity (Wildman–Crippen MR) is 94.0 cm³/mol. The number of ether oxygens (including phenoxy) is 1. The van der Waals surface area contributed by atoms with Crippen molar-refractivity contribution in [1.29, 1.82) is 0 Å². The van der Waals surface area contributed by atoms with Gasteiger partial charge in [-0.15, -0.1) is 0 Å². The zero-order chi connectivity index (χ0) is 17.3. The van der Waals surface area contributed by atoms with E-state index >= 15 is 0 Å². The normalized spacial score (nSPS) is 14.4. The van der Waals surface area contributed by atoms with Crippen LogP contribution in [0.1, 0.15) is 24.5 Å². The van der Waals surface area contributed by atoms with Gasteiger partial charge in [0, 0.05) is 11.6 Å². The van der Waals surface area contributed by atoms with E-state index in [-0.39, 0.29) is 10.7 Å². The number of aromatic nitrogens is 2. The Morgan fingerprint density at radius 2 is 1.92 bits per heavy atom. The Hall–Kier alpha value is -2.00. The summed E-state index contributed by atoms with van der Waals surface area (Å²) in [6.07, 6.45) is 3.88. The molecular weight excluding hydrogens is 348 g/mol. The van der Waals surface area contributed by atoms with Crippen LogP contribution in [-0.4, -0.2) is 31.8 Å². The molecule has 1 saturated carbocycles. The summed E-state index contributed by atoms with van der Waals surface area (Å²) in [5.41, 5.74) is 6.86. The van der Waals surface area contributed by atoms with Gasteiger partial charge in [0.15, 0.2) is 16.7 Å². The molecule has 7 nitrogen and oxygen atoms in total. The zero-order valence-corrected chi connectivity index (χ0v) is 14.9. The molecule has 1 fully saturated rings. The van der Waals surface area contributed by atoms with E-state index in [0.29, 0.717) is 22.5 Å². The number of benzene rings is 1. The van der Waals surface area contributed by atoms with E-state index in [0.717, 1.165) is 18.5 Å². The van der Waals surface area contributed by atoms with Gasteiger partial charge < -0.3 is 10.5 Å². The Morgan fingerprint density at radius 3 is 2.46 bits per heavy atom. The van der Waals surface area contributed by atoms with Crippen molar-refractivity contribution in [2.45, 2.75) is 28.8 Å². The van der Waals surface area contributed by atoms with Gasteiger partial charge in [0.2, 0.25) is 0 Å². The highest BCUT2D eigenvalue weighted by atomic mass is 32.2. The van der Waals surface area contributed by atoms with Gasteiger partial charge in [0.05, 0.1) is 17.7 Å². The number of nitrogens with zero attached hydrogens (tertiary/aromatic N) is 2. The van der Waals surface area contributed by atoms with Crippen LogP contribution in [0.5, 0.6) is 5.75 Å². The van der Waals surface area contributed by atoms with Crippen molar-refractivity contribution in [3.63, 3.8) is 0 Å². The van der Waals surface area contributed by atoms with Crippen molar-refractivity contribution in [2.24, 2.45) is 0 Å². The summed E-state index contributed by atoms with van der Waals surface area (Å²) < 4.78 is 33.1. The highest BCUT2D eigenvalue weighted by Crippen LogP contribution is 2.45. The molecule has 0 bridgehead atoms. The van der Waals surface area contributed by atoms with E-state index in [1.54, 1.807) is 0 Å². The van der Waals surface area contributed by atoms with E-state index in [2.05, 4.69) is 14.7 Å². The molecule has 1 aromatic carbocycles. The first-order valence-electron chi connectivity index (χ1n) is 7.33. The maximum absolute atomic E-state index is 12.6. The number of hydrogen-bond donors (Lipinski definition) is 2. The van der Waals surface area contributed by atoms with Crippen LogP contribution < -0.4 is 15.2 Å². The number of hydrogen-bond acceptors (Lipinski definition) is 7. The lowest BCUT2D eigenvalue weighted by Crippen LogP contribution is -2.16. The molecule has 128 valence electrons. The van der Waals surface area contributed by atoms with Gasteiger partial charge in [-0.3, -0.25) is 4.72 Å². The lowest BCUT2D eigenvalue weighted by atomic mass is 10.2. The molecular formula is C15H18N4O3S2. The maximum Gasteiger partial charge on any atom is 0.263 e. The summed E-state index contributed by atoms with van der Waals surface area (Å²) in [6.45, 7) is 0. The summed E-state index contributed by atoms with van der Waals surface area (Å²) >= 11 is 1.36. The van der Waals surface area contributed by atoms with Crippen molar-refractivity contribution in [1.82, 2.24) is 9.97 Å².